The molecule has 0 fully saturated rings. The Kier molecular flexibility index (Phi) is 4.39. The molecule has 2 aromatic rings. The summed E-state index contributed by atoms with van der Waals surface area (Å²) in [6, 6.07) is 6.00. The van der Waals surface area contributed by atoms with E-state index in [2.05, 4.69) is 9.97 Å². The Morgan fingerprint density at radius 1 is 0.895 bits per heavy atom. The second kappa shape index (κ2) is 6.22. The first kappa shape index (κ1) is 13.4. The lowest BCUT2D eigenvalue weighted by Crippen LogP contribution is -2.03. The summed E-state index contributed by atoms with van der Waals surface area (Å²) < 4.78 is 16.5. The van der Waals surface area contributed by atoms with Crippen LogP contribution in [0.25, 0.3) is 10.9 Å². The molecular weight excluding hydrogens is 244 g/mol. The van der Waals surface area contributed by atoms with Gasteiger partial charge in [-0.1, -0.05) is 6.07 Å². The average molecular weight is 262 g/mol. The minimum Gasteiger partial charge on any atom is -0.493 e. The Morgan fingerprint density at radius 2 is 1.63 bits per heavy atom. The van der Waals surface area contributed by atoms with E-state index in [4.69, 9.17) is 14.2 Å². The van der Waals surface area contributed by atoms with Gasteiger partial charge in [0.2, 0.25) is 5.88 Å². The predicted molar refractivity (Wildman–Crippen MR) is 73.0 cm³/mol. The van der Waals surface area contributed by atoms with Crippen molar-refractivity contribution in [1.82, 2.24) is 9.97 Å². The van der Waals surface area contributed by atoms with Gasteiger partial charge in [0.05, 0.1) is 25.3 Å². The second-order valence-corrected chi connectivity index (χ2v) is 3.76. The Balaban J connectivity index is 2.60. The van der Waals surface area contributed by atoms with Gasteiger partial charge in [-0.2, -0.15) is 9.97 Å². The van der Waals surface area contributed by atoms with Crippen LogP contribution in [-0.2, 0) is 0 Å². The first-order valence-corrected chi connectivity index (χ1v) is 6.49. The fraction of sp³-hybridized carbons (Fsp3) is 0.429. The van der Waals surface area contributed by atoms with Crippen molar-refractivity contribution < 1.29 is 14.2 Å². The van der Waals surface area contributed by atoms with Gasteiger partial charge in [-0.15, -0.1) is 0 Å². The van der Waals surface area contributed by atoms with Crippen LogP contribution < -0.4 is 14.2 Å². The Labute approximate surface area is 112 Å². The average Bonchev–Trinajstić information content (AvgIpc) is 2.40. The fourth-order valence-corrected chi connectivity index (χ4v) is 1.81. The summed E-state index contributed by atoms with van der Waals surface area (Å²) in [5.74, 6) is 1.23. The molecule has 2 rings (SSSR count). The molecule has 1 aromatic carbocycles. The molecule has 0 atom stereocenters. The van der Waals surface area contributed by atoms with Crippen LogP contribution in [0.2, 0.25) is 0 Å². The van der Waals surface area contributed by atoms with Crippen LogP contribution in [0.3, 0.4) is 0 Å². The minimum atomic E-state index is 0.326. The van der Waals surface area contributed by atoms with E-state index in [1.807, 2.05) is 39.0 Å². The molecule has 0 N–H and O–H groups in total. The smallest absolute Gasteiger partial charge is 0.320 e. The minimum absolute atomic E-state index is 0.326. The van der Waals surface area contributed by atoms with Crippen LogP contribution in [0.15, 0.2) is 18.2 Å². The molecule has 102 valence electrons. The van der Waals surface area contributed by atoms with E-state index in [1.165, 1.54) is 0 Å². The highest BCUT2D eigenvalue weighted by atomic mass is 16.5. The molecular formula is C14H18N2O3. The van der Waals surface area contributed by atoms with Gasteiger partial charge in [-0.05, 0) is 32.9 Å². The van der Waals surface area contributed by atoms with E-state index >= 15 is 0 Å². The van der Waals surface area contributed by atoms with Gasteiger partial charge in [0.15, 0.2) is 0 Å². The fourth-order valence-electron chi connectivity index (χ4n) is 1.81. The lowest BCUT2D eigenvalue weighted by molar-refractivity contribution is 0.291. The first-order chi connectivity index (χ1) is 9.30. The highest BCUT2D eigenvalue weighted by Crippen LogP contribution is 2.33. The SMILES string of the molecule is CCOc1nc(OCC)c2c(OCC)cccc2n1. The van der Waals surface area contributed by atoms with Crippen molar-refractivity contribution in [1.29, 1.82) is 0 Å². The van der Waals surface area contributed by atoms with E-state index in [0.29, 0.717) is 31.7 Å². The molecule has 0 saturated heterocycles. The highest BCUT2D eigenvalue weighted by molar-refractivity contribution is 5.89. The van der Waals surface area contributed by atoms with Crippen LogP contribution >= 0.6 is 0 Å². The van der Waals surface area contributed by atoms with E-state index in [-0.39, 0.29) is 0 Å². The van der Waals surface area contributed by atoms with Crippen molar-refractivity contribution in [2.45, 2.75) is 20.8 Å². The Hall–Kier alpha value is -2.04. The molecule has 5 nitrogen and oxygen atoms in total. The van der Waals surface area contributed by atoms with E-state index in [1.54, 1.807) is 0 Å². The summed E-state index contributed by atoms with van der Waals surface area (Å²) in [6.45, 7) is 7.37. The summed E-state index contributed by atoms with van der Waals surface area (Å²) in [6.07, 6.45) is 0. The van der Waals surface area contributed by atoms with Crippen LogP contribution in [0.4, 0.5) is 0 Å². The summed E-state index contributed by atoms with van der Waals surface area (Å²) in [4.78, 5) is 8.65. The largest absolute Gasteiger partial charge is 0.493 e. The third kappa shape index (κ3) is 2.86. The van der Waals surface area contributed by atoms with Crippen LogP contribution in [0.5, 0.6) is 17.6 Å². The topological polar surface area (TPSA) is 53.5 Å². The molecule has 0 aliphatic heterocycles. The maximum Gasteiger partial charge on any atom is 0.320 e. The second-order valence-electron chi connectivity index (χ2n) is 3.76. The molecule has 0 radical (unpaired) electrons. The molecule has 19 heavy (non-hydrogen) atoms. The van der Waals surface area contributed by atoms with Crippen molar-refractivity contribution in [2.75, 3.05) is 19.8 Å². The predicted octanol–water partition coefficient (Wildman–Crippen LogP) is 2.83. The molecule has 0 saturated carbocycles. The summed E-state index contributed by atoms with van der Waals surface area (Å²) in [5.41, 5.74) is 0.757. The molecule has 0 aliphatic carbocycles. The molecule has 0 bridgehead atoms. The third-order valence-electron chi connectivity index (χ3n) is 2.49. The number of aromatic nitrogens is 2. The van der Waals surface area contributed by atoms with Crippen molar-refractivity contribution in [3.05, 3.63) is 18.2 Å². The monoisotopic (exact) mass is 262 g/mol. The number of ether oxygens (including phenoxy) is 3. The van der Waals surface area contributed by atoms with Crippen LogP contribution in [-0.4, -0.2) is 29.8 Å². The van der Waals surface area contributed by atoms with Gasteiger partial charge in [0.25, 0.3) is 0 Å². The van der Waals surface area contributed by atoms with E-state index < -0.39 is 0 Å². The lowest BCUT2D eigenvalue weighted by atomic mass is 10.2. The maximum atomic E-state index is 5.61. The zero-order valence-electron chi connectivity index (χ0n) is 11.5. The summed E-state index contributed by atoms with van der Waals surface area (Å²) in [7, 11) is 0. The molecule has 0 unspecified atom stereocenters. The highest BCUT2D eigenvalue weighted by Gasteiger charge is 2.14. The quantitative estimate of drug-likeness (QED) is 0.801. The van der Waals surface area contributed by atoms with Crippen molar-refractivity contribution in [3.8, 4) is 17.6 Å². The molecule has 1 aromatic heterocycles. The van der Waals surface area contributed by atoms with Gasteiger partial charge < -0.3 is 14.2 Å². The van der Waals surface area contributed by atoms with Gasteiger partial charge >= 0.3 is 6.01 Å². The number of fused-ring (bicyclic) bond motifs is 1. The maximum absolute atomic E-state index is 5.61. The molecule has 1 heterocycles. The van der Waals surface area contributed by atoms with Gasteiger partial charge in [-0.25, -0.2) is 0 Å². The lowest BCUT2D eigenvalue weighted by Gasteiger charge is -2.12. The number of nitrogens with zero attached hydrogens (tertiary/aromatic N) is 2. The summed E-state index contributed by atoms with van der Waals surface area (Å²) >= 11 is 0. The van der Waals surface area contributed by atoms with Crippen molar-refractivity contribution >= 4 is 10.9 Å². The zero-order chi connectivity index (χ0) is 13.7. The van der Waals surface area contributed by atoms with Crippen LogP contribution in [0, 0.1) is 0 Å². The van der Waals surface area contributed by atoms with Crippen LogP contribution in [0.1, 0.15) is 20.8 Å². The Bertz CT molecular complexity index is 558. The number of hydrogen-bond acceptors (Lipinski definition) is 5. The van der Waals surface area contributed by atoms with Crippen molar-refractivity contribution in [2.24, 2.45) is 0 Å². The number of rotatable bonds is 6. The molecule has 5 heteroatoms. The Morgan fingerprint density at radius 3 is 2.32 bits per heavy atom. The standard InChI is InChI=1S/C14H18N2O3/c1-4-17-11-9-7-8-10-12(11)13(18-5-2)16-14(15-10)19-6-3/h7-9H,4-6H2,1-3H3. The third-order valence-corrected chi connectivity index (χ3v) is 2.49. The van der Waals surface area contributed by atoms with Gasteiger partial charge in [-0.3, -0.25) is 0 Å². The number of hydrogen-bond donors (Lipinski definition) is 0. The number of benzene rings is 1. The van der Waals surface area contributed by atoms with Crippen molar-refractivity contribution in [3.63, 3.8) is 0 Å². The van der Waals surface area contributed by atoms with Gasteiger partial charge in [0, 0.05) is 0 Å². The normalized spacial score (nSPS) is 10.5. The first-order valence-electron chi connectivity index (χ1n) is 6.49. The zero-order valence-corrected chi connectivity index (χ0v) is 11.5. The van der Waals surface area contributed by atoms with Gasteiger partial charge in [0.1, 0.15) is 11.1 Å². The molecule has 0 aliphatic rings. The summed E-state index contributed by atoms with van der Waals surface area (Å²) in [5, 5.41) is 0.787. The van der Waals surface area contributed by atoms with E-state index in [9.17, 15) is 0 Å². The van der Waals surface area contributed by atoms with E-state index in [0.717, 1.165) is 16.7 Å². The molecule has 0 spiro atoms. The molecule has 0 amide bonds.